The summed E-state index contributed by atoms with van der Waals surface area (Å²) in [5.74, 6) is 0. The van der Waals surface area contributed by atoms with Crippen LogP contribution in [-0.4, -0.2) is 31.0 Å². The van der Waals surface area contributed by atoms with E-state index in [-0.39, 0.29) is 6.10 Å². The highest BCUT2D eigenvalue weighted by Crippen LogP contribution is 2.16. The van der Waals surface area contributed by atoms with Gasteiger partial charge in [-0.25, -0.2) is 0 Å². The molecule has 1 fully saturated rings. The van der Waals surface area contributed by atoms with Gasteiger partial charge in [0.25, 0.3) is 0 Å². The van der Waals surface area contributed by atoms with Crippen LogP contribution in [-0.2, 0) is 9.47 Å². The molecule has 1 aliphatic rings. The Morgan fingerprint density at radius 2 is 2.07 bits per heavy atom. The van der Waals surface area contributed by atoms with E-state index in [1.165, 1.54) is 0 Å². The molecule has 1 atom stereocenters. The minimum atomic E-state index is -0.591. The largest absolute Gasteiger partial charge is 0.399 e. The number of ether oxygens (including phenoxy) is 2. The van der Waals surface area contributed by atoms with Crippen molar-refractivity contribution in [3.63, 3.8) is 0 Å². The van der Waals surface area contributed by atoms with E-state index in [1.807, 2.05) is 0 Å². The minimum absolute atomic E-state index is 0.147. The zero-order valence-electron chi connectivity index (χ0n) is 8.43. The lowest BCUT2D eigenvalue weighted by molar-refractivity contribution is -0.143. The van der Waals surface area contributed by atoms with Crippen LogP contribution in [0, 0.1) is 0 Å². The van der Waals surface area contributed by atoms with E-state index >= 15 is 0 Å². The molecule has 4 nitrogen and oxygen atoms in total. The Morgan fingerprint density at radius 1 is 1.40 bits per heavy atom. The number of rotatable bonds is 4. The van der Waals surface area contributed by atoms with Crippen molar-refractivity contribution in [2.24, 2.45) is 0 Å². The van der Waals surface area contributed by atoms with Crippen LogP contribution in [0.5, 0.6) is 0 Å². The molecule has 0 aliphatic carbocycles. The van der Waals surface area contributed by atoms with E-state index in [4.69, 9.17) is 15.2 Å². The molecule has 82 valence electrons. The molecule has 4 heteroatoms. The van der Waals surface area contributed by atoms with Gasteiger partial charge in [0.1, 0.15) is 12.2 Å². The number of aliphatic hydroxyl groups excluding tert-OH is 1. The quantitative estimate of drug-likeness (QED) is 0.717. The number of hydrogen-bond donors (Lipinski definition) is 2. The van der Waals surface area contributed by atoms with Gasteiger partial charge in [-0.05, 0) is 17.7 Å². The lowest BCUT2D eigenvalue weighted by atomic mass is 10.1. The molecule has 0 bridgehead atoms. The molecule has 0 spiro atoms. The topological polar surface area (TPSA) is 64.7 Å². The Balaban J connectivity index is 1.83. The van der Waals surface area contributed by atoms with Crippen LogP contribution in [0.3, 0.4) is 0 Å². The third kappa shape index (κ3) is 2.68. The summed E-state index contributed by atoms with van der Waals surface area (Å²) in [6.07, 6.45) is -0.445. The molecule has 0 aromatic heterocycles. The number of nitrogens with two attached hydrogens (primary N) is 1. The SMILES string of the molecule is Nc1ccc(C(O)COC2COC2)cc1. The van der Waals surface area contributed by atoms with E-state index < -0.39 is 6.10 Å². The Kier molecular flexibility index (Phi) is 3.20. The van der Waals surface area contributed by atoms with Crippen LogP contribution in [0.25, 0.3) is 0 Å². The zero-order chi connectivity index (χ0) is 10.7. The molecule has 1 aromatic carbocycles. The van der Waals surface area contributed by atoms with E-state index in [1.54, 1.807) is 24.3 Å². The molecular formula is C11H15NO3. The lowest BCUT2D eigenvalue weighted by Crippen LogP contribution is -2.37. The van der Waals surface area contributed by atoms with Crippen LogP contribution >= 0.6 is 0 Å². The van der Waals surface area contributed by atoms with Crippen molar-refractivity contribution >= 4 is 5.69 Å². The van der Waals surface area contributed by atoms with Gasteiger partial charge in [-0.1, -0.05) is 12.1 Å². The first-order chi connectivity index (χ1) is 7.25. The van der Waals surface area contributed by atoms with Gasteiger partial charge in [0.15, 0.2) is 0 Å². The van der Waals surface area contributed by atoms with Crippen molar-refractivity contribution in [3.05, 3.63) is 29.8 Å². The fourth-order valence-corrected chi connectivity index (χ4v) is 1.35. The van der Waals surface area contributed by atoms with Crippen molar-refractivity contribution in [2.45, 2.75) is 12.2 Å². The molecule has 1 unspecified atom stereocenters. The molecule has 0 amide bonds. The Labute approximate surface area is 88.6 Å². The van der Waals surface area contributed by atoms with E-state index in [0.717, 1.165) is 5.56 Å². The maximum Gasteiger partial charge on any atom is 0.104 e. The van der Waals surface area contributed by atoms with Crippen molar-refractivity contribution in [2.75, 3.05) is 25.6 Å². The summed E-state index contributed by atoms with van der Waals surface area (Å²) in [6.45, 7) is 1.57. The van der Waals surface area contributed by atoms with Crippen LogP contribution in [0.15, 0.2) is 24.3 Å². The predicted octanol–water partition coefficient (Wildman–Crippen LogP) is 0.718. The van der Waals surface area contributed by atoms with Crippen LogP contribution in [0.2, 0.25) is 0 Å². The van der Waals surface area contributed by atoms with Crippen molar-refractivity contribution in [1.82, 2.24) is 0 Å². The van der Waals surface area contributed by atoms with Gasteiger partial charge in [-0.3, -0.25) is 0 Å². The van der Waals surface area contributed by atoms with E-state index in [9.17, 15) is 5.11 Å². The Hall–Kier alpha value is -1.10. The maximum atomic E-state index is 9.77. The molecule has 2 rings (SSSR count). The third-order valence-corrected chi connectivity index (χ3v) is 2.42. The first kappa shape index (κ1) is 10.4. The normalized spacial score (nSPS) is 18.5. The molecule has 3 N–H and O–H groups in total. The number of nitrogen functional groups attached to an aromatic ring is 1. The summed E-state index contributed by atoms with van der Waals surface area (Å²) in [4.78, 5) is 0. The molecule has 1 aromatic rings. The fourth-order valence-electron chi connectivity index (χ4n) is 1.35. The molecular weight excluding hydrogens is 194 g/mol. The summed E-state index contributed by atoms with van der Waals surface area (Å²) in [7, 11) is 0. The highest BCUT2D eigenvalue weighted by molar-refractivity contribution is 5.39. The molecule has 0 saturated carbocycles. The summed E-state index contributed by atoms with van der Waals surface area (Å²) >= 11 is 0. The lowest BCUT2D eigenvalue weighted by Gasteiger charge is -2.27. The highest BCUT2D eigenvalue weighted by atomic mass is 16.6. The van der Waals surface area contributed by atoms with Gasteiger partial charge in [0, 0.05) is 5.69 Å². The molecule has 1 saturated heterocycles. The highest BCUT2D eigenvalue weighted by Gasteiger charge is 2.20. The van der Waals surface area contributed by atoms with Gasteiger partial charge in [-0.2, -0.15) is 0 Å². The third-order valence-electron chi connectivity index (χ3n) is 2.42. The maximum absolute atomic E-state index is 9.77. The van der Waals surface area contributed by atoms with Gasteiger partial charge < -0.3 is 20.3 Å². The second-order valence-electron chi connectivity index (χ2n) is 3.68. The zero-order valence-corrected chi connectivity index (χ0v) is 8.43. The Morgan fingerprint density at radius 3 is 2.60 bits per heavy atom. The van der Waals surface area contributed by atoms with Crippen molar-refractivity contribution in [3.8, 4) is 0 Å². The van der Waals surface area contributed by atoms with Crippen LogP contribution in [0.4, 0.5) is 5.69 Å². The second-order valence-corrected chi connectivity index (χ2v) is 3.68. The van der Waals surface area contributed by atoms with Gasteiger partial charge in [0.05, 0.1) is 19.8 Å². The Bertz CT molecular complexity index is 308. The van der Waals surface area contributed by atoms with Crippen LogP contribution in [0.1, 0.15) is 11.7 Å². The van der Waals surface area contributed by atoms with Gasteiger partial charge in [-0.15, -0.1) is 0 Å². The number of anilines is 1. The molecule has 0 radical (unpaired) electrons. The van der Waals surface area contributed by atoms with Crippen LogP contribution < -0.4 is 5.73 Å². The monoisotopic (exact) mass is 209 g/mol. The number of benzene rings is 1. The molecule has 15 heavy (non-hydrogen) atoms. The van der Waals surface area contributed by atoms with Gasteiger partial charge in [0.2, 0.25) is 0 Å². The minimum Gasteiger partial charge on any atom is -0.399 e. The first-order valence-corrected chi connectivity index (χ1v) is 4.98. The predicted molar refractivity (Wildman–Crippen MR) is 56.4 cm³/mol. The number of aliphatic hydroxyl groups is 1. The average molecular weight is 209 g/mol. The molecule has 1 aliphatic heterocycles. The molecule has 1 heterocycles. The first-order valence-electron chi connectivity index (χ1n) is 4.98. The standard InChI is InChI=1S/C11H15NO3/c12-9-3-1-8(2-4-9)11(13)7-15-10-5-14-6-10/h1-4,10-11,13H,5-7,12H2. The summed E-state index contributed by atoms with van der Waals surface area (Å²) in [6, 6.07) is 7.15. The van der Waals surface area contributed by atoms with Crippen molar-refractivity contribution in [1.29, 1.82) is 0 Å². The number of hydrogen-bond acceptors (Lipinski definition) is 4. The van der Waals surface area contributed by atoms with Gasteiger partial charge >= 0.3 is 0 Å². The average Bonchev–Trinajstić information content (AvgIpc) is 2.16. The van der Waals surface area contributed by atoms with E-state index in [0.29, 0.717) is 25.5 Å². The second kappa shape index (κ2) is 4.61. The fraction of sp³-hybridized carbons (Fsp3) is 0.455. The summed E-state index contributed by atoms with van der Waals surface area (Å²) in [5.41, 5.74) is 7.07. The smallest absolute Gasteiger partial charge is 0.104 e. The van der Waals surface area contributed by atoms with E-state index in [2.05, 4.69) is 0 Å². The summed E-state index contributed by atoms with van der Waals surface area (Å²) < 4.78 is 10.4. The van der Waals surface area contributed by atoms with Crippen molar-refractivity contribution < 1.29 is 14.6 Å². The summed E-state index contributed by atoms with van der Waals surface area (Å²) in [5, 5.41) is 9.77.